The van der Waals surface area contributed by atoms with E-state index in [4.69, 9.17) is 0 Å². The van der Waals surface area contributed by atoms with Gasteiger partial charge in [0.15, 0.2) is 0 Å². The molecule has 1 heterocycles. The predicted octanol–water partition coefficient (Wildman–Crippen LogP) is 2.17. The summed E-state index contributed by atoms with van der Waals surface area (Å²) < 4.78 is 0. The number of hydrogen-bond donors (Lipinski definition) is 3. The molecule has 0 aromatic heterocycles. The van der Waals surface area contributed by atoms with E-state index in [2.05, 4.69) is 10.6 Å². The Morgan fingerprint density at radius 1 is 1.19 bits per heavy atom. The first-order chi connectivity index (χ1) is 10.1. The normalized spacial score (nSPS) is 19.4. The summed E-state index contributed by atoms with van der Waals surface area (Å²) in [4.78, 5) is 24.0. The number of anilines is 1. The number of carboxylic acid groups (broad SMARTS) is 1. The fourth-order valence-corrected chi connectivity index (χ4v) is 3.27. The molecular formula is C16H20N2O3. The standard InChI is InChI=1S/C16H20N2O3/c19-14(12-5-4-11-6-9-17-13(11)10-12)18-16(15(20)21)7-2-1-3-8-16/h4-5,10,17H,1-3,6-9H2,(H,18,19)(H,20,21). The van der Waals surface area contributed by atoms with Gasteiger partial charge < -0.3 is 15.7 Å². The summed E-state index contributed by atoms with van der Waals surface area (Å²) in [5.41, 5.74) is 1.61. The van der Waals surface area contributed by atoms with Gasteiger partial charge in [-0.3, -0.25) is 4.79 Å². The van der Waals surface area contributed by atoms with E-state index in [1.165, 1.54) is 5.56 Å². The van der Waals surface area contributed by atoms with E-state index < -0.39 is 11.5 Å². The van der Waals surface area contributed by atoms with Crippen LogP contribution in [-0.4, -0.2) is 29.1 Å². The van der Waals surface area contributed by atoms with Crippen LogP contribution in [0.1, 0.15) is 48.0 Å². The second kappa shape index (κ2) is 5.39. The summed E-state index contributed by atoms with van der Waals surface area (Å²) in [5, 5.41) is 15.5. The fraction of sp³-hybridized carbons (Fsp3) is 0.500. The minimum Gasteiger partial charge on any atom is -0.480 e. The van der Waals surface area contributed by atoms with Crippen molar-refractivity contribution in [2.24, 2.45) is 0 Å². The Labute approximate surface area is 123 Å². The summed E-state index contributed by atoms with van der Waals surface area (Å²) in [6, 6.07) is 5.54. The average molecular weight is 288 g/mol. The molecule has 1 amide bonds. The summed E-state index contributed by atoms with van der Waals surface area (Å²) in [5.74, 6) is -1.22. The number of carboxylic acids is 1. The van der Waals surface area contributed by atoms with Crippen molar-refractivity contribution in [3.05, 3.63) is 29.3 Å². The number of fused-ring (bicyclic) bond motifs is 1. The van der Waals surface area contributed by atoms with Gasteiger partial charge >= 0.3 is 5.97 Å². The number of nitrogens with one attached hydrogen (secondary N) is 2. The molecule has 2 aliphatic rings. The number of carbonyl (C=O) groups excluding carboxylic acids is 1. The lowest BCUT2D eigenvalue weighted by molar-refractivity contribution is -0.145. The van der Waals surface area contributed by atoms with Crippen LogP contribution in [0.2, 0.25) is 0 Å². The van der Waals surface area contributed by atoms with E-state index in [0.717, 1.165) is 37.9 Å². The molecule has 5 heteroatoms. The van der Waals surface area contributed by atoms with Crippen LogP contribution in [0.3, 0.4) is 0 Å². The first-order valence-electron chi connectivity index (χ1n) is 7.53. The van der Waals surface area contributed by atoms with Gasteiger partial charge in [-0.25, -0.2) is 4.79 Å². The number of amides is 1. The van der Waals surface area contributed by atoms with E-state index >= 15 is 0 Å². The molecule has 21 heavy (non-hydrogen) atoms. The second-order valence-electron chi connectivity index (χ2n) is 5.95. The van der Waals surface area contributed by atoms with Gasteiger partial charge in [0.1, 0.15) is 5.54 Å². The highest BCUT2D eigenvalue weighted by Gasteiger charge is 2.41. The molecule has 112 valence electrons. The number of benzene rings is 1. The third-order valence-electron chi connectivity index (χ3n) is 4.55. The number of carbonyl (C=O) groups is 2. The summed E-state index contributed by atoms with van der Waals surface area (Å²) in [6.07, 6.45) is 4.72. The SMILES string of the molecule is O=C(NC1(C(=O)O)CCCCC1)c1ccc2c(c1)NCC2. The van der Waals surface area contributed by atoms with Gasteiger partial charge in [-0.2, -0.15) is 0 Å². The molecule has 0 spiro atoms. The van der Waals surface area contributed by atoms with Gasteiger partial charge in [-0.05, 0) is 37.0 Å². The predicted molar refractivity (Wildman–Crippen MR) is 79.6 cm³/mol. The highest BCUT2D eigenvalue weighted by atomic mass is 16.4. The lowest BCUT2D eigenvalue weighted by Gasteiger charge is -2.34. The summed E-state index contributed by atoms with van der Waals surface area (Å²) >= 11 is 0. The average Bonchev–Trinajstić information content (AvgIpc) is 2.95. The van der Waals surface area contributed by atoms with Gasteiger partial charge in [0.05, 0.1) is 0 Å². The van der Waals surface area contributed by atoms with Gasteiger partial charge in [0.25, 0.3) is 5.91 Å². The minimum atomic E-state index is -1.10. The van der Waals surface area contributed by atoms with Crippen LogP contribution in [0.5, 0.6) is 0 Å². The smallest absolute Gasteiger partial charge is 0.329 e. The van der Waals surface area contributed by atoms with Crippen molar-refractivity contribution >= 4 is 17.6 Å². The molecule has 0 saturated heterocycles. The van der Waals surface area contributed by atoms with Gasteiger partial charge in [0.2, 0.25) is 0 Å². The largest absolute Gasteiger partial charge is 0.480 e. The quantitative estimate of drug-likeness (QED) is 0.796. The van der Waals surface area contributed by atoms with Gasteiger partial charge in [0, 0.05) is 17.8 Å². The van der Waals surface area contributed by atoms with E-state index in [1.807, 2.05) is 12.1 Å². The highest BCUT2D eigenvalue weighted by molar-refractivity contribution is 5.98. The Morgan fingerprint density at radius 3 is 2.67 bits per heavy atom. The van der Waals surface area contributed by atoms with Crippen molar-refractivity contribution in [3.8, 4) is 0 Å². The summed E-state index contributed by atoms with van der Waals surface area (Å²) in [6.45, 7) is 0.888. The maximum atomic E-state index is 12.4. The van der Waals surface area contributed by atoms with Crippen molar-refractivity contribution in [2.75, 3.05) is 11.9 Å². The third kappa shape index (κ3) is 2.60. The minimum absolute atomic E-state index is 0.296. The molecule has 3 N–H and O–H groups in total. The lowest BCUT2D eigenvalue weighted by atomic mass is 9.81. The van der Waals surface area contributed by atoms with Crippen LogP contribution in [0.25, 0.3) is 0 Å². The number of rotatable bonds is 3. The first-order valence-corrected chi connectivity index (χ1v) is 7.53. The third-order valence-corrected chi connectivity index (χ3v) is 4.55. The number of aliphatic carboxylic acids is 1. The van der Waals surface area contributed by atoms with Crippen LogP contribution < -0.4 is 10.6 Å². The Bertz CT molecular complexity index is 577. The maximum absolute atomic E-state index is 12.4. The van der Waals surface area contributed by atoms with Crippen LogP contribution in [0.4, 0.5) is 5.69 Å². The van der Waals surface area contributed by atoms with Crippen LogP contribution in [-0.2, 0) is 11.2 Å². The van der Waals surface area contributed by atoms with E-state index in [9.17, 15) is 14.7 Å². The zero-order valence-corrected chi connectivity index (χ0v) is 11.9. The van der Waals surface area contributed by atoms with Crippen molar-refractivity contribution in [1.82, 2.24) is 5.32 Å². The molecule has 1 aromatic carbocycles. The Kier molecular flexibility index (Phi) is 3.57. The van der Waals surface area contributed by atoms with Crippen LogP contribution in [0.15, 0.2) is 18.2 Å². The van der Waals surface area contributed by atoms with Gasteiger partial charge in [-0.1, -0.05) is 25.3 Å². The molecule has 1 aromatic rings. The van der Waals surface area contributed by atoms with E-state index in [-0.39, 0.29) is 5.91 Å². The van der Waals surface area contributed by atoms with Crippen LogP contribution >= 0.6 is 0 Å². The topological polar surface area (TPSA) is 78.4 Å². The first kappa shape index (κ1) is 13.9. The van der Waals surface area contributed by atoms with E-state index in [0.29, 0.717) is 18.4 Å². The second-order valence-corrected chi connectivity index (χ2v) is 5.95. The van der Waals surface area contributed by atoms with Crippen molar-refractivity contribution in [2.45, 2.75) is 44.1 Å². The molecule has 5 nitrogen and oxygen atoms in total. The molecule has 1 aliphatic heterocycles. The molecule has 1 fully saturated rings. The molecule has 0 radical (unpaired) electrons. The van der Waals surface area contributed by atoms with Gasteiger partial charge in [-0.15, -0.1) is 0 Å². The molecule has 0 atom stereocenters. The van der Waals surface area contributed by atoms with Crippen LogP contribution in [0, 0.1) is 0 Å². The molecule has 1 saturated carbocycles. The molecule has 3 rings (SSSR count). The Hall–Kier alpha value is -2.04. The maximum Gasteiger partial charge on any atom is 0.329 e. The Morgan fingerprint density at radius 2 is 1.95 bits per heavy atom. The monoisotopic (exact) mass is 288 g/mol. The molecule has 1 aliphatic carbocycles. The number of hydrogen-bond acceptors (Lipinski definition) is 3. The molecular weight excluding hydrogens is 268 g/mol. The van der Waals surface area contributed by atoms with Crippen molar-refractivity contribution in [1.29, 1.82) is 0 Å². The fourth-order valence-electron chi connectivity index (χ4n) is 3.27. The Balaban J connectivity index is 1.80. The molecule has 0 unspecified atom stereocenters. The lowest BCUT2D eigenvalue weighted by Crippen LogP contribution is -2.55. The highest BCUT2D eigenvalue weighted by Crippen LogP contribution is 2.29. The summed E-state index contributed by atoms with van der Waals surface area (Å²) in [7, 11) is 0. The van der Waals surface area contributed by atoms with Crippen molar-refractivity contribution in [3.63, 3.8) is 0 Å². The van der Waals surface area contributed by atoms with Crippen molar-refractivity contribution < 1.29 is 14.7 Å². The zero-order valence-electron chi connectivity index (χ0n) is 11.9. The molecule has 0 bridgehead atoms. The van der Waals surface area contributed by atoms with E-state index in [1.54, 1.807) is 6.07 Å². The zero-order chi connectivity index (χ0) is 14.9.